The molecule has 1 aromatic rings. The molecule has 1 fully saturated rings. The zero-order chi connectivity index (χ0) is 12.6. The van der Waals surface area contributed by atoms with Crippen molar-refractivity contribution in [1.82, 2.24) is 9.55 Å². The Hall–Kier alpha value is -1.09. The van der Waals surface area contributed by atoms with E-state index in [4.69, 9.17) is 27.8 Å². The van der Waals surface area contributed by atoms with E-state index in [0.29, 0.717) is 0 Å². The Balaban J connectivity index is 2.32. The van der Waals surface area contributed by atoms with Gasteiger partial charge in [0.25, 0.3) is 0 Å². The van der Waals surface area contributed by atoms with Gasteiger partial charge < -0.3 is 20.7 Å². The number of aromatic nitrogens is 2. The number of nitrogen functional groups attached to an aromatic ring is 1. The van der Waals surface area contributed by atoms with E-state index >= 15 is 0 Å². The van der Waals surface area contributed by atoms with Gasteiger partial charge in [-0.25, -0.2) is 9.37 Å². The third-order valence-corrected chi connectivity index (χ3v) is 2.90. The molecule has 0 aliphatic carbocycles. The Labute approximate surface area is 101 Å². The zero-order valence-corrected chi connectivity index (χ0v) is 9.55. The highest BCUT2D eigenvalue weighted by Crippen LogP contribution is 2.31. The van der Waals surface area contributed by atoms with Gasteiger partial charge >= 0.3 is 0 Å². The fourth-order valence-electron chi connectivity index (χ4n) is 1.71. The van der Waals surface area contributed by atoms with Crippen molar-refractivity contribution in [2.45, 2.75) is 24.6 Å². The molecule has 2 rings (SSSR count). The van der Waals surface area contributed by atoms with Gasteiger partial charge in [-0.05, 0) is 18.3 Å². The van der Waals surface area contributed by atoms with Crippen molar-refractivity contribution in [1.29, 1.82) is 0 Å². The molecule has 1 aromatic heterocycles. The number of alkyl halides is 1. The molecule has 6 nitrogen and oxygen atoms in total. The normalized spacial score (nSPS) is 32.9. The Kier molecular flexibility index (Phi) is 3.38. The summed E-state index contributed by atoms with van der Waals surface area (Å²) in [5, 5.41) is 18.6. The van der Waals surface area contributed by atoms with E-state index in [0.717, 1.165) is 0 Å². The molecule has 0 saturated carbocycles. The molecule has 1 saturated heterocycles. The monoisotopic (exact) mass is 261 g/mol. The Morgan fingerprint density at radius 2 is 2.35 bits per heavy atom. The predicted molar refractivity (Wildman–Crippen MR) is 59.4 cm³/mol. The van der Waals surface area contributed by atoms with Crippen LogP contribution in [0.2, 0.25) is 0 Å². The van der Waals surface area contributed by atoms with Gasteiger partial charge in [0, 0.05) is 6.20 Å². The maximum Gasteiger partial charge on any atom is 0.203 e. The Bertz CT molecular complexity index is 469. The smallest absolute Gasteiger partial charge is 0.203 e. The van der Waals surface area contributed by atoms with Gasteiger partial charge in [-0.3, -0.25) is 4.57 Å². The molecule has 0 radical (unpaired) electrons. The largest absolute Gasteiger partial charge is 0.394 e. The maximum atomic E-state index is 13.5. The summed E-state index contributed by atoms with van der Waals surface area (Å²) in [6, 6.07) is 1.46. The van der Waals surface area contributed by atoms with Gasteiger partial charge in [0.1, 0.15) is 18.0 Å². The van der Waals surface area contributed by atoms with Crippen molar-refractivity contribution in [3.05, 3.63) is 17.0 Å². The minimum absolute atomic E-state index is 0.0832. The van der Waals surface area contributed by atoms with Crippen LogP contribution in [0.5, 0.6) is 0 Å². The topological polar surface area (TPSA) is 93.5 Å². The molecule has 1 unspecified atom stereocenters. The average molecular weight is 261 g/mol. The van der Waals surface area contributed by atoms with Crippen molar-refractivity contribution in [2.24, 2.45) is 0 Å². The van der Waals surface area contributed by atoms with Crippen LogP contribution in [0.15, 0.2) is 12.3 Å². The summed E-state index contributed by atoms with van der Waals surface area (Å²) < 4.78 is 20.1. The first-order valence-corrected chi connectivity index (χ1v) is 5.38. The molecule has 4 N–H and O–H groups in total. The fraction of sp³-hybridized carbons (Fsp3) is 0.556. The third kappa shape index (κ3) is 2.16. The highest BCUT2D eigenvalue weighted by Gasteiger charge is 2.44. The zero-order valence-electron chi connectivity index (χ0n) is 8.73. The first-order valence-electron chi connectivity index (χ1n) is 4.97. The lowest BCUT2D eigenvalue weighted by atomic mass is 10.1. The van der Waals surface area contributed by atoms with Crippen LogP contribution in [0, 0.1) is 4.77 Å². The van der Waals surface area contributed by atoms with Crippen LogP contribution in [0.4, 0.5) is 10.2 Å². The summed E-state index contributed by atoms with van der Waals surface area (Å²) in [5.74, 6) is 0.231. The number of aliphatic hydroxyl groups is 2. The van der Waals surface area contributed by atoms with Crippen LogP contribution in [-0.4, -0.2) is 44.8 Å². The van der Waals surface area contributed by atoms with Crippen LogP contribution in [0.1, 0.15) is 6.23 Å². The number of ether oxygens (including phenoxy) is 1. The van der Waals surface area contributed by atoms with Crippen LogP contribution in [0.25, 0.3) is 0 Å². The molecule has 4 atom stereocenters. The van der Waals surface area contributed by atoms with Crippen molar-refractivity contribution in [2.75, 3.05) is 12.3 Å². The summed E-state index contributed by atoms with van der Waals surface area (Å²) in [5.41, 5.74) is 5.43. The van der Waals surface area contributed by atoms with Crippen LogP contribution in [-0.2, 0) is 4.74 Å². The summed E-state index contributed by atoms with van der Waals surface area (Å²) >= 11 is 4.94. The second-order valence-electron chi connectivity index (χ2n) is 3.72. The van der Waals surface area contributed by atoms with E-state index in [-0.39, 0.29) is 10.6 Å². The van der Waals surface area contributed by atoms with Gasteiger partial charge in [-0.2, -0.15) is 0 Å². The SMILES string of the molecule is Nc1ccn([C@@H]2O[C@H](CO)C(F)[C@@H]2O)c(=S)n1. The minimum Gasteiger partial charge on any atom is -0.394 e. The minimum atomic E-state index is -1.66. The molecule has 8 heteroatoms. The average Bonchev–Trinajstić information content (AvgIpc) is 2.57. The van der Waals surface area contributed by atoms with E-state index in [1.165, 1.54) is 16.8 Å². The number of anilines is 1. The summed E-state index contributed by atoms with van der Waals surface area (Å²) in [7, 11) is 0. The molecule has 0 bridgehead atoms. The maximum absolute atomic E-state index is 13.5. The van der Waals surface area contributed by atoms with Crippen molar-refractivity contribution in [3.8, 4) is 0 Å². The number of halogens is 1. The van der Waals surface area contributed by atoms with Gasteiger partial charge in [-0.15, -0.1) is 0 Å². The lowest BCUT2D eigenvalue weighted by Crippen LogP contribution is -2.29. The standard InChI is InChI=1S/C9H12FN3O3S/c10-6-4(3-14)16-8(7(6)15)13-2-1-5(11)12-9(13)17/h1-2,4,6-8,14-15H,3H2,(H2,11,12,17)/t4-,6?,7+,8-/m1/s1. The Morgan fingerprint density at radius 1 is 1.65 bits per heavy atom. The molecule has 0 amide bonds. The highest BCUT2D eigenvalue weighted by molar-refractivity contribution is 7.71. The first kappa shape index (κ1) is 12.4. The molecule has 0 spiro atoms. The quantitative estimate of drug-likeness (QED) is 0.637. The molecular formula is C9H12FN3O3S. The molecule has 2 heterocycles. The molecule has 1 aliphatic heterocycles. The van der Waals surface area contributed by atoms with Crippen LogP contribution in [0.3, 0.4) is 0 Å². The molecular weight excluding hydrogens is 249 g/mol. The lowest BCUT2D eigenvalue weighted by molar-refractivity contribution is -0.0527. The van der Waals surface area contributed by atoms with Gasteiger partial charge in [0.15, 0.2) is 12.4 Å². The van der Waals surface area contributed by atoms with E-state index < -0.39 is 31.2 Å². The summed E-state index contributed by atoms with van der Waals surface area (Å²) in [6.45, 7) is -0.509. The first-order chi connectivity index (χ1) is 8.04. The van der Waals surface area contributed by atoms with Gasteiger partial charge in [0.2, 0.25) is 4.77 Å². The molecule has 1 aliphatic rings. The predicted octanol–water partition coefficient (Wildman–Crippen LogP) is -0.217. The second kappa shape index (κ2) is 4.65. The number of nitrogens with zero attached hydrogens (tertiary/aromatic N) is 2. The second-order valence-corrected chi connectivity index (χ2v) is 4.09. The lowest BCUT2D eigenvalue weighted by Gasteiger charge is -2.17. The van der Waals surface area contributed by atoms with Gasteiger partial charge in [-0.1, -0.05) is 0 Å². The number of nitrogens with two attached hydrogens (primary N) is 1. The fourth-order valence-corrected chi connectivity index (χ4v) is 1.98. The highest BCUT2D eigenvalue weighted by atomic mass is 32.1. The van der Waals surface area contributed by atoms with Gasteiger partial charge in [0.05, 0.1) is 6.61 Å². The van der Waals surface area contributed by atoms with E-state index in [1.54, 1.807) is 0 Å². The van der Waals surface area contributed by atoms with Crippen molar-refractivity contribution >= 4 is 18.0 Å². The number of hydrogen-bond acceptors (Lipinski definition) is 6. The van der Waals surface area contributed by atoms with Crippen LogP contribution < -0.4 is 5.73 Å². The van der Waals surface area contributed by atoms with E-state index in [9.17, 15) is 9.50 Å². The third-order valence-electron chi connectivity index (χ3n) is 2.59. The summed E-state index contributed by atoms with van der Waals surface area (Å²) in [4.78, 5) is 3.81. The number of aliphatic hydroxyl groups excluding tert-OH is 2. The number of rotatable bonds is 2. The molecule has 94 valence electrons. The van der Waals surface area contributed by atoms with E-state index in [2.05, 4.69) is 4.98 Å². The Morgan fingerprint density at radius 3 is 2.88 bits per heavy atom. The summed E-state index contributed by atoms with van der Waals surface area (Å²) in [6.07, 6.45) is -3.66. The molecule has 0 aromatic carbocycles. The van der Waals surface area contributed by atoms with Crippen molar-refractivity contribution < 1.29 is 19.3 Å². The van der Waals surface area contributed by atoms with Crippen molar-refractivity contribution in [3.63, 3.8) is 0 Å². The molecule has 17 heavy (non-hydrogen) atoms. The van der Waals surface area contributed by atoms with E-state index in [1.807, 2.05) is 0 Å². The number of hydrogen-bond donors (Lipinski definition) is 3. The van der Waals surface area contributed by atoms with Crippen LogP contribution >= 0.6 is 12.2 Å².